The van der Waals surface area contributed by atoms with E-state index in [1.165, 1.54) is 0 Å². The lowest BCUT2D eigenvalue weighted by Gasteiger charge is -2.10. The Labute approximate surface area is 85.1 Å². The molecule has 0 amide bonds. The highest BCUT2D eigenvalue weighted by molar-refractivity contribution is 5.37. The van der Waals surface area contributed by atoms with Crippen LogP contribution in [-0.4, -0.2) is 6.61 Å². The van der Waals surface area contributed by atoms with Crippen LogP contribution in [0, 0.1) is 19.3 Å². The molecule has 2 N–H and O–H groups in total. The first kappa shape index (κ1) is 10.6. The SMILES string of the molecule is C#CCOc1ccc([C@H](C)N)cc1C. The number of hydrogen-bond donors (Lipinski definition) is 1. The van der Waals surface area contributed by atoms with E-state index in [4.69, 9.17) is 16.9 Å². The minimum absolute atomic E-state index is 0.0513. The van der Waals surface area contributed by atoms with E-state index in [2.05, 4.69) is 5.92 Å². The van der Waals surface area contributed by atoms with Gasteiger partial charge in [0.15, 0.2) is 0 Å². The molecule has 0 fully saturated rings. The van der Waals surface area contributed by atoms with Gasteiger partial charge in [-0.3, -0.25) is 0 Å². The minimum atomic E-state index is 0.0513. The van der Waals surface area contributed by atoms with Crippen LogP contribution in [0.2, 0.25) is 0 Å². The molecule has 0 aromatic heterocycles. The summed E-state index contributed by atoms with van der Waals surface area (Å²) in [5.41, 5.74) is 7.93. The van der Waals surface area contributed by atoms with E-state index in [9.17, 15) is 0 Å². The largest absolute Gasteiger partial charge is 0.481 e. The van der Waals surface area contributed by atoms with Gasteiger partial charge in [0, 0.05) is 6.04 Å². The number of ether oxygens (including phenoxy) is 1. The second-order valence-corrected chi connectivity index (χ2v) is 3.31. The molecule has 2 heteroatoms. The second kappa shape index (κ2) is 4.69. The second-order valence-electron chi connectivity index (χ2n) is 3.31. The van der Waals surface area contributed by atoms with Crippen LogP contribution >= 0.6 is 0 Å². The van der Waals surface area contributed by atoms with Gasteiger partial charge in [-0.1, -0.05) is 18.1 Å². The van der Waals surface area contributed by atoms with Crippen LogP contribution < -0.4 is 10.5 Å². The first-order chi connectivity index (χ1) is 6.65. The number of rotatable bonds is 3. The lowest BCUT2D eigenvalue weighted by Crippen LogP contribution is -2.05. The van der Waals surface area contributed by atoms with Gasteiger partial charge >= 0.3 is 0 Å². The Morgan fingerprint density at radius 3 is 2.79 bits per heavy atom. The van der Waals surface area contributed by atoms with Gasteiger partial charge in [-0.05, 0) is 31.0 Å². The molecule has 1 atom stereocenters. The first-order valence-electron chi connectivity index (χ1n) is 4.57. The average Bonchev–Trinajstić information content (AvgIpc) is 2.15. The van der Waals surface area contributed by atoms with Gasteiger partial charge in [0.2, 0.25) is 0 Å². The predicted octanol–water partition coefficient (Wildman–Crippen LogP) is 2.03. The van der Waals surface area contributed by atoms with Crippen LogP contribution in [0.1, 0.15) is 24.1 Å². The van der Waals surface area contributed by atoms with E-state index >= 15 is 0 Å². The van der Waals surface area contributed by atoms with Crippen molar-refractivity contribution in [3.05, 3.63) is 29.3 Å². The molecule has 1 aromatic carbocycles. The van der Waals surface area contributed by atoms with Crippen molar-refractivity contribution in [3.8, 4) is 18.1 Å². The summed E-state index contributed by atoms with van der Waals surface area (Å²) in [4.78, 5) is 0. The molecular weight excluding hydrogens is 174 g/mol. The van der Waals surface area contributed by atoms with Crippen molar-refractivity contribution < 1.29 is 4.74 Å². The Morgan fingerprint density at radius 1 is 1.57 bits per heavy atom. The molecule has 74 valence electrons. The van der Waals surface area contributed by atoms with Crippen molar-refractivity contribution in [2.45, 2.75) is 19.9 Å². The molecule has 0 unspecified atom stereocenters. The van der Waals surface area contributed by atoms with Gasteiger partial charge < -0.3 is 10.5 Å². The maximum atomic E-state index is 5.76. The normalized spacial score (nSPS) is 11.9. The van der Waals surface area contributed by atoms with Crippen molar-refractivity contribution in [1.82, 2.24) is 0 Å². The molecule has 0 radical (unpaired) electrons. The summed E-state index contributed by atoms with van der Waals surface area (Å²) >= 11 is 0. The fraction of sp³-hybridized carbons (Fsp3) is 0.333. The first-order valence-corrected chi connectivity index (χ1v) is 4.57. The average molecular weight is 189 g/mol. The molecule has 0 heterocycles. The van der Waals surface area contributed by atoms with Crippen LogP contribution in [0.4, 0.5) is 0 Å². The van der Waals surface area contributed by atoms with E-state index in [-0.39, 0.29) is 6.04 Å². The topological polar surface area (TPSA) is 35.2 Å². The molecule has 0 bridgehead atoms. The van der Waals surface area contributed by atoms with Crippen LogP contribution in [0.5, 0.6) is 5.75 Å². The Balaban J connectivity index is 2.85. The van der Waals surface area contributed by atoms with Gasteiger partial charge in [0.1, 0.15) is 12.4 Å². The summed E-state index contributed by atoms with van der Waals surface area (Å²) in [5, 5.41) is 0. The fourth-order valence-electron chi connectivity index (χ4n) is 1.24. The van der Waals surface area contributed by atoms with Crippen molar-refractivity contribution in [1.29, 1.82) is 0 Å². The van der Waals surface area contributed by atoms with Crippen LogP contribution in [0.3, 0.4) is 0 Å². The number of nitrogens with two attached hydrogens (primary N) is 1. The highest BCUT2D eigenvalue weighted by atomic mass is 16.5. The molecular formula is C12H15NO. The van der Waals surface area contributed by atoms with Crippen molar-refractivity contribution in [3.63, 3.8) is 0 Å². The maximum absolute atomic E-state index is 5.76. The van der Waals surface area contributed by atoms with Crippen LogP contribution in [0.15, 0.2) is 18.2 Å². The Bertz CT molecular complexity index is 350. The highest BCUT2D eigenvalue weighted by Gasteiger charge is 2.03. The van der Waals surface area contributed by atoms with Crippen molar-refractivity contribution >= 4 is 0 Å². The standard InChI is InChI=1S/C12H15NO/c1-4-7-14-12-6-5-11(10(3)13)8-9(12)2/h1,5-6,8,10H,7,13H2,2-3H3/t10-/m0/s1. The van der Waals surface area contributed by atoms with Gasteiger partial charge in [0.25, 0.3) is 0 Å². The van der Waals surface area contributed by atoms with Crippen LogP contribution in [0.25, 0.3) is 0 Å². The molecule has 0 aliphatic carbocycles. The van der Waals surface area contributed by atoms with Crippen molar-refractivity contribution in [2.75, 3.05) is 6.61 Å². The summed E-state index contributed by atoms with van der Waals surface area (Å²) in [6, 6.07) is 5.95. The fourth-order valence-corrected chi connectivity index (χ4v) is 1.24. The Hall–Kier alpha value is -1.46. The van der Waals surface area contributed by atoms with Crippen molar-refractivity contribution in [2.24, 2.45) is 5.73 Å². The predicted molar refractivity (Wildman–Crippen MR) is 58.1 cm³/mol. The Kier molecular flexibility index (Phi) is 3.55. The van der Waals surface area contributed by atoms with E-state index in [0.29, 0.717) is 6.61 Å². The van der Waals surface area contributed by atoms with Gasteiger partial charge in [-0.2, -0.15) is 0 Å². The highest BCUT2D eigenvalue weighted by Crippen LogP contribution is 2.21. The lowest BCUT2D eigenvalue weighted by molar-refractivity contribution is 0.367. The smallest absolute Gasteiger partial charge is 0.148 e. The summed E-state index contributed by atoms with van der Waals surface area (Å²) in [6.07, 6.45) is 5.11. The van der Waals surface area contributed by atoms with E-state index in [0.717, 1.165) is 16.9 Å². The lowest BCUT2D eigenvalue weighted by atomic mass is 10.1. The molecule has 0 aliphatic rings. The third-order valence-electron chi connectivity index (χ3n) is 2.04. The summed E-state index contributed by atoms with van der Waals surface area (Å²) in [7, 11) is 0. The quantitative estimate of drug-likeness (QED) is 0.738. The molecule has 0 aliphatic heterocycles. The molecule has 1 rings (SSSR count). The third-order valence-corrected chi connectivity index (χ3v) is 2.04. The molecule has 2 nitrogen and oxygen atoms in total. The van der Waals surface area contributed by atoms with Gasteiger partial charge in [-0.15, -0.1) is 6.42 Å². The Morgan fingerprint density at radius 2 is 2.29 bits per heavy atom. The van der Waals surface area contributed by atoms with Gasteiger partial charge in [-0.25, -0.2) is 0 Å². The van der Waals surface area contributed by atoms with Crippen LogP contribution in [-0.2, 0) is 0 Å². The molecule has 0 saturated carbocycles. The zero-order chi connectivity index (χ0) is 10.6. The third kappa shape index (κ3) is 2.51. The van der Waals surface area contributed by atoms with E-state index in [1.807, 2.05) is 32.0 Å². The summed E-state index contributed by atoms with van der Waals surface area (Å²) in [6.45, 7) is 4.24. The monoisotopic (exact) mass is 189 g/mol. The minimum Gasteiger partial charge on any atom is -0.481 e. The molecule has 0 spiro atoms. The van der Waals surface area contributed by atoms with Gasteiger partial charge in [0.05, 0.1) is 0 Å². The molecule has 14 heavy (non-hydrogen) atoms. The summed E-state index contributed by atoms with van der Waals surface area (Å²) < 4.78 is 5.34. The number of benzene rings is 1. The number of aryl methyl sites for hydroxylation is 1. The zero-order valence-electron chi connectivity index (χ0n) is 8.58. The zero-order valence-corrected chi connectivity index (χ0v) is 8.58. The van der Waals surface area contributed by atoms with E-state index < -0.39 is 0 Å². The summed E-state index contributed by atoms with van der Waals surface area (Å²) in [5.74, 6) is 3.26. The number of terminal acetylenes is 1. The number of hydrogen-bond acceptors (Lipinski definition) is 2. The molecule has 1 aromatic rings. The maximum Gasteiger partial charge on any atom is 0.148 e. The van der Waals surface area contributed by atoms with E-state index in [1.54, 1.807) is 0 Å². The molecule has 0 saturated heterocycles.